The van der Waals surface area contributed by atoms with Crippen molar-refractivity contribution in [2.75, 3.05) is 39.4 Å². The minimum Gasteiger partial charge on any atom is -0.379 e. The molecule has 7 heteroatoms. The quantitative estimate of drug-likeness (QED) is 0.805. The predicted octanol–water partition coefficient (Wildman–Crippen LogP) is 1.63. The largest absolute Gasteiger partial charge is 0.379 e. The number of pyridine rings is 1. The Labute approximate surface area is 144 Å². The molecule has 1 aliphatic heterocycles. The highest BCUT2D eigenvalue weighted by Gasteiger charge is 2.14. The van der Waals surface area contributed by atoms with Crippen molar-refractivity contribution < 1.29 is 9.53 Å². The first-order chi connectivity index (χ1) is 11.7. The lowest BCUT2D eigenvalue weighted by molar-refractivity contribution is 0.0374. The number of morpholine rings is 1. The Morgan fingerprint density at radius 1 is 1.33 bits per heavy atom. The van der Waals surface area contributed by atoms with Crippen molar-refractivity contribution in [1.29, 1.82) is 0 Å². The number of hydrogen-bond donors (Lipinski definition) is 2. The third kappa shape index (κ3) is 3.77. The molecule has 1 saturated heterocycles. The number of H-pyrrole nitrogens is 1. The third-order valence-electron chi connectivity index (χ3n) is 4.15. The van der Waals surface area contributed by atoms with E-state index in [1.165, 1.54) is 6.20 Å². The van der Waals surface area contributed by atoms with E-state index in [1.54, 1.807) is 18.2 Å². The van der Waals surface area contributed by atoms with Crippen LogP contribution in [0.2, 0.25) is 5.02 Å². The van der Waals surface area contributed by atoms with Gasteiger partial charge in [0.15, 0.2) is 0 Å². The lowest BCUT2D eigenvalue weighted by Crippen LogP contribution is -2.38. The van der Waals surface area contributed by atoms with Gasteiger partial charge in [-0.3, -0.25) is 14.5 Å². The van der Waals surface area contributed by atoms with Gasteiger partial charge < -0.3 is 15.0 Å². The molecule has 0 radical (unpaired) electrons. The smallest absolute Gasteiger partial charge is 0.256 e. The number of halogens is 1. The topological polar surface area (TPSA) is 74.4 Å². The number of aromatic amines is 1. The summed E-state index contributed by atoms with van der Waals surface area (Å²) in [4.78, 5) is 29.9. The van der Waals surface area contributed by atoms with Crippen LogP contribution in [0, 0.1) is 0 Å². The first-order valence-corrected chi connectivity index (χ1v) is 8.43. The SMILES string of the molecule is O=C(NCCCN1CCOCC1)c1c[nH]c2c(Cl)cccc2c1=O. The number of hydrogen-bond acceptors (Lipinski definition) is 4. The van der Waals surface area contributed by atoms with Crippen LogP contribution in [0.4, 0.5) is 0 Å². The summed E-state index contributed by atoms with van der Waals surface area (Å²) in [7, 11) is 0. The maximum absolute atomic E-state index is 12.4. The van der Waals surface area contributed by atoms with E-state index in [1.807, 2.05) is 0 Å². The molecule has 1 aliphatic rings. The molecule has 0 saturated carbocycles. The lowest BCUT2D eigenvalue weighted by atomic mass is 10.1. The summed E-state index contributed by atoms with van der Waals surface area (Å²) >= 11 is 6.05. The first kappa shape index (κ1) is 17.0. The summed E-state index contributed by atoms with van der Waals surface area (Å²) in [5.74, 6) is -0.361. The lowest BCUT2D eigenvalue weighted by Gasteiger charge is -2.26. The Balaban J connectivity index is 1.60. The molecule has 1 aromatic heterocycles. The van der Waals surface area contributed by atoms with Gasteiger partial charge in [0, 0.05) is 31.2 Å². The molecule has 2 aromatic rings. The molecule has 0 unspecified atom stereocenters. The van der Waals surface area contributed by atoms with E-state index in [2.05, 4.69) is 15.2 Å². The summed E-state index contributed by atoms with van der Waals surface area (Å²) in [6.07, 6.45) is 2.26. The average Bonchev–Trinajstić information content (AvgIpc) is 2.60. The van der Waals surface area contributed by atoms with Gasteiger partial charge in [0.25, 0.3) is 5.91 Å². The number of benzene rings is 1. The maximum atomic E-state index is 12.4. The van der Waals surface area contributed by atoms with Crippen molar-refractivity contribution >= 4 is 28.4 Å². The Bertz CT molecular complexity index is 784. The molecule has 0 bridgehead atoms. The summed E-state index contributed by atoms with van der Waals surface area (Å²) < 4.78 is 5.30. The van der Waals surface area contributed by atoms with E-state index in [-0.39, 0.29) is 16.9 Å². The van der Waals surface area contributed by atoms with Crippen LogP contribution in [0.15, 0.2) is 29.2 Å². The molecular weight excluding hydrogens is 330 g/mol. The van der Waals surface area contributed by atoms with Crippen LogP contribution in [-0.2, 0) is 4.74 Å². The van der Waals surface area contributed by atoms with Gasteiger partial charge in [0.1, 0.15) is 5.56 Å². The van der Waals surface area contributed by atoms with E-state index < -0.39 is 0 Å². The van der Waals surface area contributed by atoms with Crippen molar-refractivity contribution in [3.05, 3.63) is 45.2 Å². The fraction of sp³-hybridized carbons (Fsp3) is 0.412. The zero-order valence-corrected chi connectivity index (χ0v) is 14.1. The number of fused-ring (bicyclic) bond motifs is 1. The standard InChI is InChI=1S/C17H20ClN3O3/c18-14-4-1-3-12-15(14)20-11-13(16(12)22)17(23)19-5-2-6-21-7-9-24-10-8-21/h1,3-4,11H,2,5-10H2,(H,19,23)(H,20,22). The van der Waals surface area contributed by atoms with Crippen LogP contribution in [0.3, 0.4) is 0 Å². The van der Waals surface area contributed by atoms with Crippen molar-refractivity contribution in [2.45, 2.75) is 6.42 Å². The van der Waals surface area contributed by atoms with E-state index in [0.717, 1.165) is 39.3 Å². The van der Waals surface area contributed by atoms with Crippen LogP contribution in [0.1, 0.15) is 16.8 Å². The molecule has 0 spiro atoms. The second kappa shape index (κ2) is 7.79. The van der Waals surface area contributed by atoms with Crippen molar-refractivity contribution in [2.24, 2.45) is 0 Å². The zero-order chi connectivity index (χ0) is 16.9. The number of rotatable bonds is 5. The van der Waals surface area contributed by atoms with Crippen LogP contribution in [0.5, 0.6) is 0 Å². The van der Waals surface area contributed by atoms with Crippen LogP contribution < -0.4 is 10.7 Å². The summed E-state index contributed by atoms with van der Waals surface area (Å²) in [6, 6.07) is 5.06. The van der Waals surface area contributed by atoms with Crippen LogP contribution in [0.25, 0.3) is 10.9 Å². The van der Waals surface area contributed by atoms with Gasteiger partial charge in [-0.2, -0.15) is 0 Å². The monoisotopic (exact) mass is 349 g/mol. The number of nitrogens with zero attached hydrogens (tertiary/aromatic N) is 1. The number of ether oxygens (including phenoxy) is 1. The summed E-state index contributed by atoms with van der Waals surface area (Å²) in [5, 5.41) is 3.69. The molecule has 3 rings (SSSR count). The predicted molar refractivity (Wildman–Crippen MR) is 93.8 cm³/mol. The van der Waals surface area contributed by atoms with Crippen LogP contribution >= 0.6 is 11.6 Å². The third-order valence-corrected chi connectivity index (χ3v) is 4.46. The molecule has 128 valence electrons. The van der Waals surface area contributed by atoms with Crippen molar-refractivity contribution in [1.82, 2.24) is 15.2 Å². The van der Waals surface area contributed by atoms with E-state index in [0.29, 0.717) is 22.5 Å². The zero-order valence-electron chi connectivity index (χ0n) is 13.3. The Kier molecular flexibility index (Phi) is 5.50. The molecule has 1 amide bonds. The molecule has 1 aromatic carbocycles. The van der Waals surface area contributed by atoms with Gasteiger partial charge >= 0.3 is 0 Å². The number of carbonyl (C=O) groups is 1. The van der Waals surface area contributed by atoms with Gasteiger partial charge in [-0.1, -0.05) is 17.7 Å². The maximum Gasteiger partial charge on any atom is 0.256 e. The highest BCUT2D eigenvalue weighted by atomic mass is 35.5. The van der Waals surface area contributed by atoms with Gasteiger partial charge in [-0.25, -0.2) is 0 Å². The highest BCUT2D eigenvalue weighted by molar-refractivity contribution is 6.35. The molecule has 2 heterocycles. The molecule has 6 nitrogen and oxygen atoms in total. The van der Waals surface area contributed by atoms with Crippen molar-refractivity contribution in [3.8, 4) is 0 Å². The van der Waals surface area contributed by atoms with Gasteiger partial charge in [-0.15, -0.1) is 0 Å². The molecule has 2 N–H and O–H groups in total. The van der Waals surface area contributed by atoms with Crippen molar-refractivity contribution in [3.63, 3.8) is 0 Å². The van der Waals surface area contributed by atoms with E-state index >= 15 is 0 Å². The molecule has 0 aliphatic carbocycles. The number of amides is 1. The Morgan fingerprint density at radius 2 is 2.12 bits per heavy atom. The van der Waals surface area contributed by atoms with Gasteiger partial charge in [-0.05, 0) is 25.1 Å². The molecule has 1 fully saturated rings. The number of nitrogens with one attached hydrogen (secondary N) is 2. The number of aromatic nitrogens is 1. The molecule has 24 heavy (non-hydrogen) atoms. The van der Waals surface area contributed by atoms with Crippen LogP contribution in [-0.4, -0.2) is 55.2 Å². The van der Waals surface area contributed by atoms with Gasteiger partial charge in [0.05, 0.1) is 23.8 Å². The summed E-state index contributed by atoms with van der Waals surface area (Å²) in [5.41, 5.74) is 0.348. The Hall–Kier alpha value is -1.89. The normalized spacial score (nSPS) is 15.5. The highest BCUT2D eigenvalue weighted by Crippen LogP contribution is 2.18. The second-order valence-corrected chi connectivity index (χ2v) is 6.16. The molecule has 0 atom stereocenters. The van der Waals surface area contributed by atoms with E-state index in [4.69, 9.17) is 16.3 Å². The summed E-state index contributed by atoms with van der Waals surface area (Å²) in [6.45, 7) is 4.83. The minimum absolute atomic E-state index is 0.108. The number of carbonyl (C=O) groups excluding carboxylic acids is 1. The average molecular weight is 350 g/mol. The van der Waals surface area contributed by atoms with E-state index in [9.17, 15) is 9.59 Å². The Morgan fingerprint density at radius 3 is 2.92 bits per heavy atom. The fourth-order valence-electron chi connectivity index (χ4n) is 2.81. The first-order valence-electron chi connectivity index (χ1n) is 8.05. The van der Waals surface area contributed by atoms with Gasteiger partial charge in [0.2, 0.25) is 5.43 Å². The minimum atomic E-state index is -0.361. The second-order valence-electron chi connectivity index (χ2n) is 5.76. The number of para-hydroxylation sites is 1. The molecular formula is C17H20ClN3O3. The fourth-order valence-corrected chi connectivity index (χ4v) is 3.04.